The van der Waals surface area contributed by atoms with Crippen LogP contribution in [-0.2, 0) is 6.42 Å². The standard InChI is InChI=1S/C15H13Br2F2N/c1-8-2-3-9(12(17)6-8)14(20)7-10-13(18)5-4-11(16)15(10)19/h2-6,14H,7,20H2,1H3. The molecular formula is C15H13Br2F2N. The van der Waals surface area contributed by atoms with Crippen molar-refractivity contribution in [2.24, 2.45) is 5.73 Å². The molecule has 2 rings (SSSR count). The van der Waals surface area contributed by atoms with E-state index in [0.717, 1.165) is 15.6 Å². The van der Waals surface area contributed by atoms with Gasteiger partial charge in [0.05, 0.1) is 4.47 Å². The molecule has 5 heteroatoms. The lowest BCUT2D eigenvalue weighted by molar-refractivity contribution is 0.535. The molecule has 0 aromatic heterocycles. The summed E-state index contributed by atoms with van der Waals surface area (Å²) in [6.45, 7) is 1.97. The minimum atomic E-state index is -0.594. The fourth-order valence-corrected chi connectivity index (χ4v) is 3.18. The molecule has 0 spiro atoms. The van der Waals surface area contributed by atoms with Gasteiger partial charge in [0.2, 0.25) is 0 Å². The van der Waals surface area contributed by atoms with Crippen LogP contribution in [-0.4, -0.2) is 0 Å². The maximum Gasteiger partial charge on any atom is 0.143 e. The van der Waals surface area contributed by atoms with Gasteiger partial charge >= 0.3 is 0 Å². The van der Waals surface area contributed by atoms with E-state index in [1.54, 1.807) is 0 Å². The molecule has 2 aromatic rings. The Hall–Kier alpha value is -0.780. The van der Waals surface area contributed by atoms with Gasteiger partial charge in [-0.1, -0.05) is 28.1 Å². The molecule has 1 nitrogen and oxygen atoms in total. The van der Waals surface area contributed by atoms with Crippen molar-refractivity contribution in [3.63, 3.8) is 0 Å². The topological polar surface area (TPSA) is 26.0 Å². The molecule has 106 valence electrons. The Morgan fingerprint density at radius 3 is 2.45 bits per heavy atom. The number of hydrogen-bond acceptors (Lipinski definition) is 1. The lowest BCUT2D eigenvalue weighted by Crippen LogP contribution is -2.16. The van der Waals surface area contributed by atoms with Gasteiger partial charge in [-0.15, -0.1) is 0 Å². The van der Waals surface area contributed by atoms with Crippen molar-refractivity contribution in [2.45, 2.75) is 19.4 Å². The average molecular weight is 405 g/mol. The van der Waals surface area contributed by atoms with Crippen LogP contribution >= 0.6 is 31.9 Å². The zero-order chi connectivity index (χ0) is 14.9. The predicted octanol–water partition coefficient (Wildman–Crippen LogP) is 5.04. The second-order valence-electron chi connectivity index (χ2n) is 4.66. The van der Waals surface area contributed by atoms with E-state index in [0.29, 0.717) is 0 Å². The Labute approximate surface area is 133 Å². The fourth-order valence-electron chi connectivity index (χ4n) is 2.02. The first-order valence-corrected chi connectivity index (χ1v) is 7.62. The van der Waals surface area contributed by atoms with Crippen LogP contribution in [0.2, 0.25) is 0 Å². The van der Waals surface area contributed by atoms with E-state index in [1.165, 1.54) is 12.1 Å². The van der Waals surface area contributed by atoms with Gasteiger partial charge in [-0.25, -0.2) is 8.78 Å². The Balaban J connectivity index is 2.32. The van der Waals surface area contributed by atoms with Crippen LogP contribution in [0.15, 0.2) is 39.3 Å². The second-order valence-corrected chi connectivity index (χ2v) is 6.37. The first-order chi connectivity index (χ1) is 9.40. The van der Waals surface area contributed by atoms with Gasteiger partial charge < -0.3 is 5.73 Å². The van der Waals surface area contributed by atoms with E-state index in [1.807, 2.05) is 25.1 Å². The molecule has 0 bridgehead atoms. The summed E-state index contributed by atoms with van der Waals surface area (Å²) in [6, 6.07) is 7.83. The van der Waals surface area contributed by atoms with Crippen LogP contribution in [0.5, 0.6) is 0 Å². The van der Waals surface area contributed by atoms with Gasteiger partial charge in [-0.05, 0) is 58.6 Å². The summed E-state index contributed by atoms with van der Waals surface area (Å²) in [5, 5.41) is 0. The molecule has 20 heavy (non-hydrogen) atoms. The smallest absolute Gasteiger partial charge is 0.143 e. The summed E-state index contributed by atoms with van der Waals surface area (Å²) in [6.07, 6.45) is 0.0960. The van der Waals surface area contributed by atoms with E-state index in [-0.39, 0.29) is 16.5 Å². The molecule has 0 heterocycles. The molecule has 0 radical (unpaired) electrons. The maximum absolute atomic E-state index is 13.9. The summed E-state index contributed by atoms with van der Waals surface area (Å²) in [7, 11) is 0. The second kappa shape index (κ2) is 6.33. The summed E-state index contributed by atoms with van der Waals surface area (Å²) in [5.74, 6) is -1.17. The van der Waals surface area contributed by atoms with Crippen molar-refractivity contribution in [3.05, 3.63) is 67.6 Å². The Bertz CT molecular complexity index is 644. The van der Waals surface area contributed by atoms with Crippen molar-refractivity contribution in [3.8, 4) is 0 Å². The highest BCUT2D eigenvalue weighted by molar-refractivity contribution is 9.10. The highest BCUT2D eigenvalue weighted by Crippen LogP contribution is 2.29. The molecule has 1 atom stereocenters. The van der Waals surface area contributed by atoms with E-state index >= 15 is 0 Å². The summed E-state index contributed by atoms with van der Waals surface area (Å²) >= 11 is 6.49. The quantitative estimate of drug-likeness (QED) is 0.712. The third-order valence-corrected chi connectivity index (χ3v) is 4.42. The first-order valence-electron chi connectivity index (χ1n) is 6.04. The van der Waals surface area contributed by atoms with E-state index in [2.05, 4.69) is 31.9 Å². The van der Waals surface area contributed by atoms with Crippen molar-refractivity contribution in [2.75, 3.05) is 0 Å². The van der Waals surface area contributed by atoms with E-state index in [4.69, 9.17) is 5.73 Å². The lowest BCUT2D eigenvalue weighted by atomic mass is 9.98. The van der Waals surface area contributed by atoms with Gasteiger partial charge in [0.25, 0.3) is 0 Å². The number of nitrogens with two attached hydrogens (primary N) is 1. The monoisotopic (exact) mass is 403 g/mol. The first kappa shape index (κ1) is 15.6. The highest BCUT2D eigenvalue weighted by Gasteiger charge is 2.18. The van der Waals surface area contributed by atoms with Crippen LogP contribution in [0.3, 0.4) is 0 Å². The molecule has 1 unspecified atom stereocenters. The van der Waals surface area contributed by atoms with Crippen molar-refractivity contribution >= 4 is 31.9 Å². The minimum Gasteiger partial charge on any atom is -0.324 e. The molecule has 0 aliphatic carbocycles. The van der Waals surface area contributed by atoms with Gasteiger partial charge in [-0.2, -0.15) is 0 Å². The van der Waals surface area contributed by atoms with Gasteiger partial charge in [0.1, 0.15) is 11.6 Å². The van der Waals surface area contributed by atoms with Crippen LogP contribution in [0.1, 0.15) is 22.7 Å². The zero-order valence-electron chi connectivity index (χ0n) is 10.8. The van der Waals surface area contributed by atoms with E-state index in [9.17, 15) is 8.78 Å². The third-order valence-electron chi connectivity index (χ3n) is 3.12. The third kappa shape index (κ3) is 3.27. The summed E-state index contributed by atoms with van der Waals surface area (Å²) < 4.78 is 28.8. The summed E-state index contributed by atoms with van der Waals surface area (Å²) in [5.41, 5.74) is 8.01. The van der Waals surface area contributed by atoms with Crippen molar-refractivity contribution in [1.82, 2.24) is 0 Å². The van der Waals surface area contributed by atoms with Crippen LogP contribution in [0, 0.1) is 18.6 Å². The molecule has 2 aromatic carbocycles. The number of benzene rings is 2. The van der Waals surface area contributed by atoms with Gasteiger partial charge in [0.15, 0.2) is 0 Å². The minimum absolute atomic E-state index is 0.000602. The molecule has 0 amide bonds. The molecule has 0 aliphatic rings. The zero-order valence-corrected chi connectivity index (χ0v) is 13.9. The number of hydrogen-bond donors (Lipinski definition) is 1. The number of halogens is 4. The molecule has 0 saturated carbocycles. The van der Waals surface area contributed by atoms with Crippen LogP contribution < -0.4 is 5.73 Å². The fraction of sp³-hybridized carbons (Fsp3) is 0.200. The molecular weight excluding hydrogens is 392 g/mol. The Kier molecular flexibility index (Phi) is 4.94. The largest absolute Gasteiger partial charge is 0.324 e. The van der Waals surface area contributed by atoms with E-state index < -0.39 is 17.7 Å². The molecule has 2 N–H and O–H groups in total. The van der Waals surface area contributed by atoms with Crippen molar-refractivity contribution < 1.29 is 8.78 Å². The Morgan fingerprint density at radius 2 is 1.80 bits per heavy atom. The average Bonchev–Trinajstić information content (AvgIpc) is 2.39. The van der Waals surface area contributed by atoms with Crippen LogP contribution in [0.4, 0.5) is 8.78 Å². The highest BCUT2D eigenvalue weighted by atomic mass is 79.9. The summed E-state index contributed by atoms with van der Waals surface area (Å²) in [4.78, 5) is 0. The molecule has 0 saturated heterocycles. The van der Waals surface area contributed by atoms with Gasteiger partial charge in [0, 0.05) is 16.1 Å². The number of aryl methyl sites for hydroxylation is 1. The number of rotatable bonds is 3. The molecule has 0 fully saturated rings. The SMILES string of the molecule is Cc1ccc(C(N)Cc2c(F)ccc(Br)c2F)c(Br)c1. The Morgan fingerprint density at radius 1 is 1.10 bits per heavy atom. The maximum atomic E-state index is 13.9. The van der Waals surface area contributed by atoms with Gasteiger partial charge in [-0.3, -0.25) is 0 Å². The normalized spacial score (nSPS) is 12.5. The van der Waals surface area contributed by atoms with Crippen LogP contribution in [0.25, 0.3) is 0 Å². The molecule has 0 aliphatic heterocycles. The van der Waals surface area contributed by atoms with Crippen molar-refractivity contribution in [1.29, 1.82) is 0 Å². The lowest BCUT2D eigenvalue weighted by Gasteiger charge is -2.16. The predicted molar refractivity (Wildman–Crippen MR) is 83.6 cm³/mol.